The van der Waals surface area contributed by atoms with E-state index < -0.39 is 114 Å². The highest BCUT2D eigenvalue weighted by molar-refractivity contribution is 6.35. The van der Waals surface area contributed by atoms with E-state index in [9.17, 15) is 53.1 Å². The molecule has 4 aliphatic heterocycles. The molecule has 0 aromatic heterocycles. The Morgan fingerprint density at radius 2 is 1.64 bits per heavy atom. The van der Waals surface area contributed by atoms with Crippen LogP contribution in [-0.4, -0.2) is 177 Å². The normalized spacial score (nSPS) is 24.7. The first kappa shape index (κ1) is 72.3. The van der Waals surface area contributed by atoms with E-state index in [1.165, 1.54) is 70.3 Å². The molecule has 0 spiro atoms. The number of methoxy groups -OCH3 is 3. The van der Waals surface area contributed by atoms with Gasteiger partial charge in [0.05, 0.1) is 44.0 Å². The average Bonchev–Trinajstić information content (AvgIpc) is 1.64. The quantitative estimate of drug-likeness (QED) is 0.0309. The predicted octanol–water partition coefficient (Wildman–Crippen LogP) is 5.59. The number of nitrogens with one attached hydrogen (secondary N) is 5. The first-order valence-electron chi connectivity index (χ1n) is 30.6. The zero-order chi connectivity index (χ0) is 67.4. The maximum absolute atomic E-state index is 14.5. The van der Waals surface area contributed by atoms with Crippen LogP contribution in [0.15, 0.2) is 54.1 Å². The van der Waals surface area contributed by atoms with Crippen LogP contribution < -0.4 is 46.7 Å². The summed E-state index contributed by atoms with van der Waals surface area (Å²) >= 11 is 6.84. The maximum Gasteiger partial charge on any atom is 0.409 e. The molecule has 500 valence electrons. The summed E-state index contributed by atoms with van der Waals surface area (Å²) in [5.74, 6) is -4.78. The number of ether oxygens (including phenoxy) is 6. The Labute approximate surface area is 536 Å². The molecular formula is C64H90ClN9O17. The van der Waals surface area contributed by atoms with Crippen molar-refractivity contribution in [2.24, 2.45) is 23.0 Å². The number of alkyl carbamates (subject to hydrolysis) is 1. The third-order valence-electron chi connectivity index (χ3n) is 17.1. The molecule has 27 heteroatoms. The number of halogens is 1. The number of urea groups is 1. The number of anilines is 2. The number of carbonyl (C=O) groups excluding carboxylic acids is 10. The fourth-order valence-corrected chi connectivity index (χ4v) is 11.6. The van der Waals surface area contributed by atoms with Crippen molar-refractivity contribution in [2.75, 3.05) is 58.7 Å². The number of rotatable bonds is 23. The third-order valence-corrected chi connectivity index (χ3v) is 17.5. The van der Waals surface area contributed by atoms with E-state index in [2.05, 4.69) is 26.6 Å². The first-order valence-corrected chi connectivity index (χ1v) is 31.0. The van der Waals surface area contributed by atoms with Gasteiger partial charge in [0.25, 0.3) is 5.91 Å². The number of primary amides is 1. The molecule has 0 radical (unpaired) electrons. The van der Waals surface area contributed by atoms with Crippen molar-refractivity contribution in [3.63, 3.8) is 0 Å². The molecule has 1 unspecified atom stereocenters. The summed E-state index contributed by atoms with van der Waals surface area (Å²) in [5, 5.41) is 25.2. The fraction of sp³-hybridized carbons (Fsp3) is 0.594. The molecule has 0 saturated carbocycles. The summed E-state index contributed by atoms with van der Waals surface area (Å²) in [4.78, 5) is 138. The van der Waals surface area contributed by atoms with Gasteiger partial charge < -0.3 is 70.3 Å². The largest absolute Gasteiger partial charge is 0.495 e. The van der Waals surface area contributed by atoms with Crippen LogP contribution in [0, 0.1) is 17.3 Å². The van der Waals surface area contributed by atoms with Crippen LogP contribution in [0.1, 0.15) is 136 Å². The molecule has 8 N–H and O–H groups in total. The van der Waals surface area contributed by atoms with Crippen LogP contribution in [0.2, 0.25) is 5.02 Å². The number of carbonyl (C=O) groups is 10. The lowest BCUT2D eigenvalue weighted by atomic mass is 9.80. The third kappa shape index (κ3) is 18.5. The second-order valence-corrected chi connectivity index (χ2v) is 25.7. The minimum atomic E-state index is -1.91. The Morgan fingerprint density at radius 1 is 0.934 bits per heavy atom. The van der Waals surface area contributed by atoms with Gasteiger partial charge in [-0.05, 0) is 100 Å². The molecule has 3 fully saturated rings. The van der Waals surface area contributed by atoms with Crippen LogP contribution in [0.3, 0.4) is 0 Å². The zero-order valence-corrected chi connectivity index (χ0v) is 55.0. The second-order valence-electron chi connectivity index (χ2n) is 25.3. The standard InChI is InChI=1S/C64H90ClN9O17/c1-35(2)54(70-50(75)22-15-14-16-26-74-52(77)32-41(58(74)81)62(5,6)7)56(79)69-43(20-18-25-67-60(66)83)55(78)68-42-24-23-39(30-45(42)86-11)57(80)72(9)37(4)59(82)90-48-33-51(76)73(10)44-28-38(29-46(87-12)53(44)65)27-36(3)19-17-21-47(88-13)64(85)34-40(89-61(84)71-64)31-49-63(48,8)91-49/h17,19,21,23-24,28-30,35,37,40-41,43,47-49,54,85H,14-16,18,20,22,25-27,31-34H2,1-13H3,(H,68,78)(H,69,79)(H,70,75)(H,71,84)(H3,66,67,83)/b21-17+,36-19+/t37-,40+,41?,43-,47+,48-,49-,54-,63-,64-/m0/s1. The number of nitrogens with two attached hydrogens (primary N) is 1. The molecule has 91 heavy (non-hydrogen) atoms. The van der Waals surface area contributed by atoms with Gasteiger partial charge in [-0.15, -0.1) is 0 Å². The maximum atomic E-state index is 14.5. The molecule has 4 aliphatic rings. The number of fused-ring (bicyclic) bond motifs is 5. The molecular weight excluding hydrogens is 1200 g/mol. The Hall–Kier alpha value is -7.81. The fourth-order valence-electron chi connectivity index (χ4n) is 11.3. The van der Waals surface area contributed by atoms with E-state index in [4.69, 9.17) is 45.8 Å². The van der Waals surface area contributed by atoms with Gasteiger partial charge in [-0.3, -0.25) is 43.8 Å². The lowest BCUT2D eigenvalue weighted by Gasteiger charge is -2.40. The van der Waals surface area contributed by atoms with E-state index in [0.717, 1.165) is 16.0 Å². The summed E-state index contributed by atoms with van der Waals surface area (Å²) in [5.41, 5.74) is 3.69. The highest BCUT2D eigenvalue weighted by Crippen LogP contribution is 2.47. The minimum Gasteiger partial charge on any atom is -0.495 e. The summed E-state index contributed by atoms with van der Waals surface area (Å²) in [6, 6.07) is 3.23. The number of imide groups is 1. The van der Waals surface area contributed by atoms with Crippen molar-refractivity contribution in [3.05, 3.63) is 70.3 Å². The molecule has 2 aromatic rings. The highest BCUT2D eigenvalue weighted by atomic mass is 35.5. The molecule has 26 nitrogen and oxygen atoms in total. The van der Waals surface area contributed by atoms with Gasteiger partial charge in [0, 0.05) is 65.5 Å². The number of esters is 1. The number of allylic oxidation sites excluding steroid dienone is 3. The number of epoxide rings is 1. The van der Waals surface area contributed by atoms with Crippen LogP contribution in [-0.2, 0) is 58.9 Å². The summed E-state index contributed by atoms with van der Waals surface area (Å²) in [6.07, 6.45) is 1.94. The zero-order valence-electron chi connectivity index (χ0n) is 54.3. The highest BCUT2D eigenvalue weighted by Gasteiger charge is 2.62. The lowest BCUT2D eigenvalue weighted by Crippen LogP contribution is -2.62. The number of aliphatic hydroxyl groups is 1. The minimum absolute atomic E-state index is 0.00488. The van der Waals surface area contributed by atoms with Crippen molar-refractivity contribution in [1.82, 2.24) is 31.1 Å². The predicted molar refractivity (Wildman–Crippen MR) is 336 cm³/mol. The summed E-state index contributed by atoms with van der Waals surface area (Å²) < 4.78 is 34.9. The summed E-state index contributed by atoms with van der Waals surface area (Å²) in [6.45, 7) is 14.5. The van der Waals surface area contributed by atoms with Crippen LogP contribution in [0.5, 0.6) is 11.5 Å². The number of amides is 10. The van der Waals surface area contributed by atoms with Gasteiger partial charge in [0.2, 0.25) is 35.4 Å². The smallest absolute Gasteiger partial charge is 0.409 e. The molecule has 6 rings (SSSR count). The monoisotopic (exact) mass is 1290 g/mol. The van der Waals surface area contributed by atoms with E-state index in [0.29, 0.717) is 37.1 Å². The summed E-state index contributed by atoms with van der Waals surface area (Å²) in [7, 11) is 7.03. The van der Waals surface area contributed by atoms with Gasteiger partial charge in [-0.25, -0.2) is 14.4 Å². The van der Waals surface area contributed by atoms with Crippen molar-refractivity contribution in [3.8, 4) is 11.5 Å². The molecule has 0 aliphatic carbocycles. The van der Waals surface area contributed by atoms with E-state index in [1.807, 2.05) is 33.8 Å². The second kappa shape index (κ2) is 31.0. The molecule has 4 heterocycles. The number of hydrogen-bond acceptors (Lipinski definition) is 17. The average molecular weight is 1290 g/mol. The SMILES string of the molecule is COc1cc(C(=O)N(C)[C@@H](C)C(=O)O[C@H]2CC(=O)N(C)c3cc(cc(OC)c3Cl)C/C(C)=C/C=C/[C@@H](OC)[C@@]3(O)C[C@@H](C[C@@H]4O[C@@]24C)OC(=O)N3)ccc1NC(=O)[C@H](CCCNC(N)=O)NC(=O)[C@@H](NC(=O)CCCCCN1C(=O)CC(C(C)(C)C)C1=O)C(C)C. The van der Waals surface area contributed by atoms with Gasteiger partial charge in [0.1, 0.15) is 58.6 Å². The van der Waals surface area contributed by atoms with E-state index in [-0.39, 0.29) is 96.8 Å². The van der Waals surface area contributed by atoms with Gasteiger partial charge in [-0.1, -0.05) is 76.4 Å². The van der Waals surface area contributed by atoms with Crippen LogP contribution in [0.25, 0.3) is 0 Å². The van der Waals surface area contributed by atoms with Crippen molar-refractivity contribution >= 4 is 82.4 Å². The van der Waals surface area contributed by atoms with E-state index >= 15 is 0 Å². The van der Waals surface area contributed by atoms with Crippen LogP contribution >= 0.6 is 11.6 Å². The molecule has 2 aromatic carbocycles. The van der Waals surface area contributed by atoms with Crippen molar-refractivity contribution < 1.29 is 81.5 Å². The topological polar surface area (TPSA) is 345 Å². The number of nitrogens with zero attached hydrogens (tertiary/aromatic N) is 3. The van der Waals surface area contributed by atoms with Crippen molar-refractivity contribution in [1.29, 1.82) is 0 Å². The van der Waals surface area contributed by atoms with Gasteiger partial charge >= 0.3 is 18.1 Å². The molecule has 3 saturated heterocycles. The number of likely N-dealkylation sites (N-methyl/N-ethyl adjacent to an activating group) is 1. The van der Waals surface area contributed by atoms with Gasteiger partial charge in [-0.2, -0.15) is 0 Å². The Bertz CT molecular complexity index is 3130. The van der Waals surface area contributed by atoms with Crippen molar-refractivity contribution in [2.45, 2.75) is 180 Å². The van der Waals surface area contributed by atoms with E-state index in [1.54, 1.807) is 45.1 Å². The Kier molecular flexibility index (Phi) is 24.6. The Balaban J connectivity index is 1.15. The number of hydrogen-bond donors (Lipinski definition) is 7. The lowest BCUT2D eigenvalue weighted by molar-refractivity contribution is -0.158. The number of unbranched alkanes of at least 4 members (excludes halogenated alkanes) is 2. The molecule has 10 amide bonds. The first-order chi connectivity index (χ1) is 42.7. The van der Waals surface area contributed by atoms with Gasteiger partial charge in [0.15, 0.2) is 5.72 Å². The number of likely N-dealkylation sites (tertiary alicyclic amines) is 1. The molecule has 10 atom stereocenters. The number of benzene rings is 2. The molecule has 4 bridgehead atoms. The van der Waals surface area contributed by atoms with Crippen LogP contribution in [0.4, 0.5) is 21.0 Å². The Morgan fingerprint density at radius 3 is 2.27 bits per heavy atom.